The second-order valence-electron chi connectivity index (χ2n) is 5.16. The smallest absolute Gasteiger partial charge is 0.194 e. The number of hydrogen-bond donors (Lipinski definition) is 1. The normalized spacial score (nSPS) is 11.2. The van der Waals surface area contributed by atoms with E-state index in [1.54, 1.807) is 23.7 Å². The Morgan fingerprint density at radius 3 is 2.26 bits per heavy atom. The Bertz CT molecular complexity index is 928. The van der Waals surface area contributed by atoms with Crippen LogP contribution in [0.3, 0.4) is 0 Å². The second kappa shape index (κ2) is 5.91. The van der Waals surface area contributed by atoms with Gasteiger partial charge in [-0.3, -0.25) is 14.4 Å². The van der Waals surface area contributed by atoms with Crippen LogP contribution in [0.1, 0.15) is 5.69 Å². The zero-order valence-electron chi connectivity index (χ0n) is 12.4. The summed E-state index contributed by atoms with van der Waals surface area (Å²) in [4.78, 5) is 14.0. The summed E-state index contributed by atoms with van der Waals surface area (Å²) in [5.41, 5.74) is 11.3. The van der Waals surface area contributed by atoms with Crippen LogP contribution in [0.15, 0.2) is 54.4 Å². The number of hydrogen-bond acceptors (Lipinski definition) is 5. The van der Waals surface area contributed by atoms with Crippen LogP contribution in [0.5, 0.6) is 0 Å². The minimum atomic E-state index is 0.581. The number of rotatable bonds is 4. The summed E-state index contributed by atoms with van der Waals surface area (Å²) in [7, 11) is 0. The van der Waals surface area contributed by atoms with E-state index in [1.807, 2.05) is 36.7 Å². The molecule has 0 aliphatic heterocycles. The third kappa shape index (κ3) is 2.42. The lowest BCUT2D eigenvalue weighted by Crippen LogP contribution is -2.06. The molecule has 0 atom stereocenters. The fourth-order valence-corrected chi connectivity index (χ4v) is 3.66. The van der Waals surface area contributed by atoms with Crippen molar-refractivity contribution in [1.82, 2.24) is 19.4 Å². The zero-order valence-corrected chi connectivity index (χ0v) is 13.2. The first-order valence-electron chi connectivity index (χ1n) is 7.38. The predicted octanol–water partition coefficient (Wildman–Crippen LogP) is 3.02. The fourth-order valence-electron chi connectivity index (χ4n) is 2.75. The predicted molar refractivity (Wildman–Crippen MR) is 92.3 cm³/mol. The summed E-state index contributed by atoms with van der Waals surface area (Å²) in [5.74, 6) is 0. The Morgan fingerprint density at radius 2 is 1.61 bits per heavy atom. The molecule has 0 spiro atoms. The second-order valence-corrected chi connectivity index (χ2v) is 5.99. The van der Waals surface area contributed by atoms with E-state index in [0.29, 0.717) is 6.54 Å². The van der Waals surface area contributed by atoms with Gasteiger partial charge < -0.3 is 5.73 Å². The molecule has 0 amide bonds. The largest absolute Gasteiger partial charge is 0.330 e. The van der Waals surface area contributed by atoms with Crippen LogP contribution < -0.4 is 5.73 Å². The molecule has 0 saturated carbocycles. The monoisotopic (exact) mass is 321 g/mol. The topological polar surface area (TPSA) is 69.1 Å². The first kappa shape index (κ1) is 14.0. The van der Waals surface area contributed by atoms with Crippen molar-refractivity contribution >= 4 is 16.3 Å². The lowest BCUT2D eigenvalue weighted by Gasteiger charge is -2.06. The van der Waals surface area contributed by atoms with Gasteiger partial charge in [0, 0.05) is 47.7 Å². The van der Waals surface area contributed by atoms with Crippen LogP contribution in [0.4, 0.5) is 0 Å². The highest BCUT2D eigenvalue weighted by Gasteiger charge is 2.18. The summed E-state index contributed by atoms with van der Waals surface area (Å²) < 4.78 is 2.21. The molecule has 23 heavy (non-hydrogen) atoms. The van der Waals surface area contributed by atoms with Gasteiger partial charge in [-0.1, -0.05) is 0 Å². The SMILES string of the molecule is NCCc1c(-c2ccncc2)nc2scc(-c3ccncc3)n12. The Hall–Kier alpha value is -2.57. The van der Waals surface area contributed by atoms with E-state index in [9.17, 15) is 0 Å². The third-order valence-corrected chi connectivity index (χ3v) is 4.60. The maximum atomic E-state index is 5.86. The van der Waals surface area contributed by atoms with Gasteiger partial charge in [0.05, 0.1) is 17.1 Å². The summed E-state index contributed by atoms with van der Waals surface area (Å²) in [6.45, 7) is 0.581. The average Bonchev–Trinajstić information content (AvgIpc) is 3.17. The van der Waals surface area contributed by atoms with Gasteiger partial charge in [0.2, 0.25) is 0 Å². The number of imidazole rings is 1. The Balaban J connectivity index is 1.97. The van der Waals surface area contributed by atoms with E-state index in [0.717, 1.165) is 39.6 Å². The highest BCUT2D eigenvalue weighted by atomic mass is 32.1. The molecule has 4 aromatic rings. The van der Waals surface area contributed by atoms with Crippen molar-refractivity contribution < 1.29 is 0 Å². The van der Waals surface area contributed by atoms with Crippen LogP contribution >= 0.6 is 11.3 Å². The standard InChI is InChI=1S/C17H15N5S/c18-6-1-14-16(13-4-9-20-10-5-13)21-17-22(14)15(11-23-17)12-2-7-19-8-3-12/h2-5,7-11H,1,6,18H2. The van der Waals surface area contributed by atoms with E-state index in [1.165, 1.54) is 0 Å². The van der Waals surface area contributed by atoms with Gasteiger partial charge in [0.25, 0.3) is 0 Å². The van der Waals surface area contributed by atoms with Gasteiger partial charge in [0.1, 0.15) is 0 Å². The fraction of sp³-hybridized carbons (Fsp3) is 0.118. The van der Waals surface area contributed by atoms with Gasteiger partial charge in [-0.25, -0.2) is 4.98 Å². The first-order valence-corrected chi connectivity index (χ1v) is 8.26. The van der Waals surface area contributed by atoms with Crippen LogP contribution in [-0.2, 0) is 6.42 Å². The number of fused-ring (bicyclic) bond motifs is 1. The highest BCUT2D eigenvalue weighted by molar-refractivity contribution is 7.15. The summed E-state index contributed by atoms with van der Waals surface area (Å²) in [5, 5.41) is 2.13. The molecule has 0 fully saturated rings. The molecule has 4 aromatic heterocycles. The van der Waals surface area contributed by atoms with E-state index < -0.39 is 0 Å². The number of pyridine rings is 2. The van der Waals surface area contributed by atoms with Gasteiger partial charge in [-0.05, 0) is 30.8 Å². The Labute approximate surface area is 137 Å². The molecule has 114 valence electrons. The summed E-state index contributed by atoms with van der Waals surface area (Å²) in [6, 6.07) is 8.00. The van der Waals surface area contributed by atoms with Gasteiger partial charge >= 0.3 is 0 Å². The molecule has 0 aromatic carbocycles. The number of aromatic nitrogens is 4. The molecule has 0 radical (unpaired) electrons. The number of thiazole rings is 1. The van der Waals surface area contributed by atoms with Gasteiger partial charge in [-0.2, -0.15) is 0 Å². The molecule has 0 unspecified atom stereocenters. The molecule has 4 heterocycles. The first-order chi connectivity index (χ1) is 11.4. The van der Waals surface area contributed by atoms with E-state index >= 15 is 0 Å². The lowest BCUT2D eigenvalue weighted by molar-refractivity contribution is 0.913. The van der Waals surface area contributed by atoms with E-state index in [2.05, 4.69) is 19.7 Å². The maximum absolute atomic E-state index is 5.86. The third-order valence-electron chi connectivity index (χ3n) is 3.77. The average molecular weight is 321 g/mol. The quantitative estimate of drug-likeness (QED) is 0.627. The van der Waals surface area contributed by atoms with Crippen molar-refractivity contribution in [2.24, 2.45) is 5.73 Å². The van der Waals surface area contributed by atoms with Gasteiger partial charge in [-0.15, -0.1) is 11.3 Å². The zero-order chi connectivity index (χ0) is 15.6. The number of nitrogens with zero attached hydrogens (tertiary/aromatic N) is 4. The summed E-state index contributed by atoms with van der Waals surface area (Å²) >= 11 is 1.64. The molecular weight excluding hydrogens is 306 g/mol. The minimum Gasteiger partial charge on any atom is -0.330 e. The van der Waals surface area contributed by atoms with Gasteiger partial charge in [0.15, 0.2) is 4.96 Å². The molecule has 0 saturated heterocycles. The summed E-state index contributed by atoms with van der Waals surface area (Å²) in [6.07, 6.45) is 7.97. The maximum Gasteiger partial charge on any atom is 0.194 e. The van der Waals surface area contributed by atoms with Crippen molar-refractivity contribution in [3.05, 3.63) is 60.1 Å². The molecule has 2 N–H and O–H groups in total. The molecule has 6 heteroatoms. The molecule has 0 aliphatic carbocycles. The Kier molecular flexibility index (Phi) is 3.61. The van der Waals surface area contributed by atoms with Crippen molar-refractivity contribution in [2.45, 2.75) is 6.42 Å². The molecule has 4 rings (SSSR count). The van der Waals surface area contributed by atoms with Crippen LogP contribution in [-0.4, -0.2) is 25.9 Å². The molecular formula is C17H15N5S. The Morgan fingerprint density at radius 1 is 0.957 bits per heavy atom. The lowest BCUT2D eigenvalue weighted by atomic mass is 10.1. The van der Waals surface area contributed by atoms with Crippen LogP contribution in [0, 0.1) is 0 Å². The van der Waals surface area contributed by atoms with Crippen molar-refractivity contribution in [3.8, 4) is 22.5 Å². The highest BCUT2D eigenvalue weighted by Crippen LogP contribution is 2.32. The van der Waals surface area contributed by atoms with Crippen molar-refractivity contribution in [3.63, 3.8) is 0 Å². The number of nitrogens with two attached hydrogens (primary N) is 1. The van der Waals surface area contributed by atoms with E-state index in [4.69, 9.17) is 10.7 Å². The van der Waals surface area contributed by atoms with Crippen LogP contribution in [0.2, 0.25) is 0 Å². The van der Waals surface area contributed by atoms with Crippen LogP contribution in [0.25, 0.3) is 27.5 Å². The molecule has 5 nitrogen and oxygen atoms in total. The molecule has 0 bridgehead atoms. The van der Waals surface area contributed by atoms with E-state index in [-0.39, 0.29) is 0 Å². The minimum absolute atomic E-state index is 0.581. The molecule has 0 aliphatic rings. The van der Waals surface area contributed by atoms with Crippen molar-refractivity contribution in [2.75, 3.05) is 6.54 Å². The van der Waals surface area contributed by atoms with Crippen molar-refractivity contribution in [1.29, 1.82) is 0 Å².